The van der Waals surface area contributed by atoms with Gasteiger partial charge < -0.3 is 19.7 Å². The summed E-state index contributed by atoms with van der Waals surface area (Å²) in [5, 5.41) is 2.77. The normalized spacial score (nSPS) is 18.2. The summed E-state index contributed by atoms with van der Waals surface area (Å²) in [7, 11) is 0. The van der Waals surface area contributed by atoms with Crippen molar-refractivity contribution in [3.05, 3.63) is 108 Å². The molecule has 6 rings (SSSR count). The fourth-order valence-electron chi connectivity index (χ4n) is 7.02. The minimum Gasteiger partial charge on any atom is -0.460 e. The third-order valence-corrected chi connectivity index (χ3v) is 10.2. The second-order valence-corrected chi connectivity index (χ2v) is 15.2. The highest BCUT2D eigenvalue weighted by Gasteiger charge is 2.41. The number of hydrogen-bond acceptors (Lipinski definition) is 7. The zero-order valence-corrected chi connectivity index (χ0v) is 30.7. The Morgan fingerprint density at radius 3 is 2.06 bits per heavy atom. The first-order chi connectivity index (χ1) is 25.0. The molecule has 272 valence electrons. The topological polar surface area (TPSA) is 111 Å². The number of carbonyl (C=O) groups excluding carboxylic acids is 3. The molecular formula is C43H50N4O5. The van der Waals surface area contributed by atoms with Crippen LogP contribution in [0.4, 0.5) is 4.79 Å². The molecule has 2 amide bonds. The first-order valence-corrected chi connectivity index (χ1v) is 18.5. The van der Waals surface area contributed by atoms with E-state index in [-0.39, 0.29) is 38.0 Å². The quantitative estimate of drug-likeness (QED) is 0.157. The van der Waals surface area contributed by atoms with Crippen molar-refractivity contribution in [2.45, 2.75) is 90.4 Å². The van der Waals surface area contributed by atoms with Gasteiger partial charge in [-0.3, -0.25) is 9.59 Å². The Morgan fingerprint density at radius 1 is 0.808 bits per heavy atom. The van der Waals surface area contributed by atoms with Gasteiger partial charge in [-0.2, -0.15) is 0 Å². The molecule has 9 heteroatoms. The highest BCUT2D eigenvalue weighted by molar-refractivity contribution is 5.88. The van der Waals surface area contributed by atoms with E-state index in [1.165, 1.54) is 37.7 Å². The predicted octanol–water partition coefficient (Wildman–Crippen LogP) is 8.13. The number of rotatable bonds is 11. The number of alkyl carbamates (subject to hydrolysis) is 1. The van der Waals surface area contributed by atoms with Crippen LogP contribution in [0.15, 0.2) is 91.3 Å². The second kappa shape index (κ2) is 16.5. The van der Waals surface area contributed by atoms with Gasteiger partial charge in [0.05, 0.1) is 5.92 Å². The Morgan fingerprint density at radius 2 is 1.44 bits per heavy atom. The summed E-state index contributed by atoms with van der Waals surface area (Å²) in [6, 6.07) is 25.0. The predicted molar refractivity (Wildman–Crippen MR) is 201 cm³/mol. The van der Waals surface area contributed by atoms with Crippen LogP contribution in [0.5, 0.6) is 0 Å². The smallest absolute Gasteiger partial charge is 0.408 e. The minimum absolute atomic E-state index is 0.0801. The zero-order valence-electron chi connectivity index (χ0n) is 30.7. The van der Waals surface area contributed by atoms with Gasteiger partial charge in [-0.05, 0) is 80.5 Å². The lowest BCUT2D eigenvalue weighted by molar-refractivity contribution is -0.168. The molecule has 52 heavy (non-hydrogen) atoms. The summed E-state index contributed by atoms with van der Waals surface area (Å²) in [5.41, 5.74) is 5.41. The van der Waals surface area contributed by atoms with Crippen LogP contribution in [0.1, 0.15) is 82.4 Å². The summed E-state index contributed by atoms with van der Waals surface area (Å²) >= 11 is 0. The number of nitrogens with one attached hydrogen (secondary N) is 1. The van der Waals surface area contributed by atoms with Crippen LogP contribution in [0.25, 0.3) is 22.5 Å². The van der Waals surface area contributed by atoms with Crippen LogP contribution in [-0.2, 0) is 32.1 Å². The van der Waals surface area contributed by atoms with Crippen molar-refractivity contribution in [3.63, 3.8) is 0 Å². The van der Waals surface area contributed by atoms with Gasteiger partial charge in [0.15, 0.2) is 5.82 Å². The molecular weight excluding hydrogens is 652 g/mol. The lowest BCUT2D eigenvalue weighted by atomic mass is 9.78. The molecule has 2 fully saturated rings. The van der Waals surface area contributed by atoms with Crippen LogP contribution in [0, 0.1) is 11.8 Å². The van der Waals surface area contributed by atoms with E-state index in [4.69, 9.17) is 9.47 Å². The van der Waals surface area contributed by atoms with Gasteiger partial charge in [-0.1, -0.05) is 92.2 Å². The molecule has 1 aliphatic carbocycles. The summed E-state index contributed by atoms with van der Waals surface area (Å²) in [6.07, 6.45) is 9.76. The number of aromatic nitrogens is 2. The lowest BCUT2D eigenvalue weighted by Gasteiger charge is -2.40. The molecule has 1 N–H and O–H groups in total. The first kappa shape index (κ1) is 36.7. The summed E-state index contributed by atoms with van der Waals surface area (Å²) in [5.74, 6) is 1.14. The maximum absolute atomic E-state index is 13.6. The minimum atomic E-state index is -0.887. The van der Waals surface area contributed by atoms with E-state index in [1.807, 2.05) is 87.8 Å². The number of esters is 1. The van der Waals surface area contributed by atoms with Crippen LogP contribution in [0.2, 0.25) is 0 Å². The van der Waals surface area contributed by atoms with Gasteiger partial charge in [0.25, 0.3) is 0 Å². The Balaban J connectivity index is 1.08. The van der Waals surface area contributed by atoms with Gasteiger partial charge in [0.1, 0.15) is 18.2 Å². The summed E-state index contributed by atoms with van der Waals surface area (Å²) in [6.45, 7) is 8.31. The van der Waals surface area contributed by atoms with E-state index in [1.54, 1.807) is 4.90 Å². The zero-order chi connectivity index (χ0) is 36.7. The maximum Gasteiger partial charge on any atom is 0.408 e. The summed E-state index contributed by atoms with van der Waals surface area (Å²) < 4.78 is 10.9. The van der Waals surface area contributed by atoms with Crippen LogP contribution in [-0.4, -0.2) is 57.6 Å². The maximum atomic E-state index is 13.6. The average Bonchev–Trinajstić information content (AvgIpc) is 3.13. The van der Waals surface area contributed by atoms with E-state index in [0.717, 1.165) is 33.7 Å². The third kappa shape index (κ3) is 9.63. The van der Waals surface area contributed by atoms with Gasteiger partial charge in [0.2, 0.25) is 5.91 Å². The van der Waals surface area contributed by atoms with Crippen molar-refractivity contribution in [1.29, 1.82) is 0 Å². The van der Waals surface area contributed by atoms with Crippen LogP contribution < -0.4 is 5.32 Å². The number of hydrogen-bond donors (Lipinski definition) is 1. The Bertz CT molecular complexity index is 1790. The Hall–Kier alpha value is -5.05. The van der Waals surface area contributed by atoms with E-state index in [9.17, 15) is 14.4 Å². The molecule has 1 saturated carbocycles. The number of carbonyl (C=O) groups is 3. The number of likely N-dealkylation sites (tertiary alicyclic amines) is 1. The molecule has 2 aliphatic rings. The van der Waals surface area contributed by atoms with E-state index in [2.05, 4.69) is 46.5 Å². The Labute approximate surface area is 307 Å². The van der Waals surface area contributed by atoms with Gasteiger partial charge in [-0.25, -0.2) is 14.8 Å². The largest absolute Gasteiger partial charge is 0.460 e. The number of amides is 2. The fraction of sp³-hybridized carbons (Fsp3) is 0.419. The molecule has 3 aromatic carbocycles. The molecule has 1 saturated heterocycles. The number of benzene rings is 3. The van der Waals surface area contributed by atoms with Crippen molar-refractivity contribution < 1.29 is 23.9 Å². The van der Waals surface area contributed by atoms with Crippen molar-refractivity contribution >= 4 is 18.0 Å². The summed E-state index contributed by atoms with van der Waals surface area (Å²) in [4.78, 5) is 49.9. The van der Waals surface area contributed by atoms with Gasteiger partial charge >= 0.3 is 12.1 Å². The van der Waals surface area contributed by atoms with E-state index in [0.29, 0.717) is 11.7 Å². The molecule has 0 bridgehead atoms. The van der Waals surface area contributed by atoms with Gasteiger partial charge in [0, 0.05) is 43.0 Å². The molecule has 0 spiro atoms. The van der Waals surface area contributed by atoms with Crippen LogP contribution >= 0.6 is 0 Å². The van der Waals surface area contributed by atoms with Crippen molar-refractivity contribution in [2.24, 2.45) is 11.8 Å². The lowest BCUT2D eigenvalue weighted by Crippen LogP contribution is -2.59. The molecule has 1 unspecified atom stereocenters. The van der Waals surface area contributed by atoms with E-state index >= 15 is 0 Å². The van der Waals surface area contributed by atoms with Crippen molar-refractivity contribution in [3.8, 4) is 22.5 Å². The SMILES string of the molecule is CCC1CCC(c2ccc(-c3cnc(-c4ccc(CC(NC(=O)OCc5ccccc5)C(=O)N5CC(C(=O)OC(C)(C)C)C5)cc4)nc3)cc2)CC1. The van der Waals surface area contributed by atoms with Gasteiger partial charge in [-0.15, -0.1) is 0 Å². The second-order valence-electron chi connectivity index (χ2n) is 15.2. The standard InChI is InChI=1S/C43H50N4O5/c1-5-29-11-15-32(16-12-29)33-19-21-34(22-20-33)36-24-44-39(45-25-36)35-17-13-30(14-18-35)23-38(46-42(50)51-28-31-9-7-6-8-10-31)40(48)47-26-37(27-47)41(49)52-43(2,3)4/h6-10,13-14,17-22,24-25,29,32,37-38H,5,11-12,15-16,23,26-28H2,1-4H3,(H,46,50). The van der Waals surface area contributed by atoms with Crippen molar-refractivity contribution in [2.75, 3.05) is 13.1 Å². The molecule has 9 nitrogen and oxygen atoms in total. The van der Waals surface area contributed by atoms with Crippen molar-refractivity contribution in [1.82, 2.24) is 20.2 Å². The molecule has 4 aromatic rings. The Kier molecular flexibility index (Phi) is 11.7. The molecule has 1 aliphatic heterocycles. The molecule has 0 radical (unpaired) electrons. The number of nitrogens with zero attached hydrogens (tertiary/aromatic N) is 3. The number of ether oxygens (including phenoxy) is 2. The van der Waals surface area contributed by atoms with E-state index < -0.39 is 23.7 Å². The molecule has 1 aromatic heterocycles. The average molecular weight is 703 g/mol. The highest BCUT2D eigenvalue weighted by Crippen LogP contribution is 2.37. The fourth-order valence-corrected chi connectivity index (χ4v) is 7.02. The highest BCUT2D eigenvalue weighted by atomic mass is 16.6. The third-order valence-electron chi connectivity index (χ3n) is 10.2. The first-order valence-electron chi connectivity index (χ1n) is 18.5. The monoisotopic (exact) mass is 702 g/mol. The van der Waals surface area contributed by atoms with Crippen LogP contribution in [0.3, 0.4) is 0 Å². The molecule has 2 heterocycles. The molecule has 1 atom stereocenters.